The van der Waals surface area contributed by atoms with Gasteiger partial charge in [0.15, 0.2) is 0 Å². The van der Waals surface area contributed by atoms with Gasteiger partial charge in [-0.15, -0.1) is 0 Å². The summed E-state index contributed by atoms with van der Waals surface area (Å²) in [4.78, 5) is 11.3. The second-order valence-corrected chi connectivity index (χ2v) is 5.25. The zero-order valence-corrected chi connectivity index (χ0v) is 10.0. The lowest BCUT2D eigenvalue weighted by Gasteiger charge is -2.19. The predicted molar refractivity (Wildman–Crippen MR) is 58.6 cm³/mol. The van der Waals surface area contributed by atoms with Crippen LogP contribution in [0.15, 0.2) is 0 Å². The molecule has 1 aliphatic carbocycles. The summed E-state index contributed by atoms with van der Waals surface area (Å²) >= 11 is 0. The standard InChI is InChI=1S/C12H22O3/c1-12(2,3)15-11(13)9-14-8-10-6-4-5-7-10/h10H,4-9H2,1-3H3. The van der Waals surface area contributed by atoms with Crippen LogP contribution in [0.1, 0.15) is 46.5 Å². The molecule has 0 aromatic rings. The lowest BCUT2D eigenvalue weighted by molar-refractivity contribution is -0.160. The predicted octanol–water partition coefficient (Wildman–Crippen LogP) is 2.53. The van der Waals surface area contributed by atoms with Gasteiger partial charge in [0.1, 0.15) is 12.2 Å². The van der Waals surface area contributed by atoms with Crippen LogP contribution in [0.4, 0.5) is 0 Å². The molecule has 1 saturated carbocycles. The molecule has 0 N–H and O–H groups in total. The molecule has 1 fully saturated rings. The maximum atomic E-state index is 11.3. The maximum Gasteiger partial charge on any atom is 0.332 e. The van der Waals surface area contributed by atoms with Gasteiger partial charge in [0.05, 0.1) is 6.61 Å². The summed E-state index contributed by atoms with van der Waals surface area (Å²) in [5, 5.41) is 0. The van der Waals surface area contributed by atoms with Crippen LogP contribution in [-0.2, 0) is 14.3 Å². The van der Waals surface area contributed by atoms with Crippen molar-refractivity contribution in [3.8, 4) is 0 Å². The summed E-state index contributed by atoms with van der Waals surface area (Å²) in [5.41, 5.74) is -0.409. The fraction of sp³-hybridized carbons (Fsp3) is 0.917. The molecule has 0 unspecified atom stereocenters. The molecule has 0 heterocycles. The molecule has 3 heteroatoms. The van der Waals surface area contributed by atoms with Gasteiger partial charge in [-0.3, -0.25) is 0 Å². The van der Waals surface area contributed by atoms with Gasteiger partial charge in [-0.2, -0.15) is 0 Å². The minimum absolute atomic E-state index is 0.0910. The van der Waals surface area contributed by atoms with Crippen molar-refractivity contribution in [2.45, 2.75) is 52.1 Å². The minimum atomic E-state index is -0.409. The first-order chi connectivity index (χ1) is 6.97. The number of esters is 1. The van der Waals surface area contributed by atoms with Crippen LogP contribution >= 0.6 is 0 Å². The molecule has 0 aromatic heterocycles. The highest BCUT2D eigenvalue weighted by Gasteiger charge is 2.18. The molecular formula is C12H22O3. The first kappa shape index (κ1) is 12.5. The molecular weight excluding hydrogens is 192 g/mol. The second kappa shape index (κ2) is 5.50. The average molecular weight is 214 g/mol. The van der Waals surface area contributed by atoms with Gasteiger partial charge in [0.25, 0.3) is 0 Å². The van der Waals surface area contributed by atoms with Gasteiger partial charge in [-0.1, -0.05) is 12.8 Å². The quantitative estimate of drug-likeness (QED) is 0.675. The fourth-order valence-corrected chi connectivity index (χ4v) is 1.86. The number of ether oxygens (including phenoxy) is 2. The maximum absolute atomic E-state index is 11.3. The first-order valence-corrected chi connectivity index (χ1v) is 5.77. The van der Waals surface area contributed by atoms with E-state index < -0.39 is 5.60 Å². The number of carbonyl (C=O) groups is 1. The van der Waals surface area contributed by atoms with Crippen molar-refractivity contribution in [3.63, 3.8) is 0 Å². The molecule has 0 amide bonds. The van der Waals surface area contributed by atoms with Crippen LogP contribution in [0.3, 0.4) is 0 Å². The highest BCUT2D eigenvalue weighted by atomic mass is 16.6. The Morgan fingerprint density at radius 2 is 1.87 bits per heavy atom. The summed E-state index contributed by atoms with van der Waals surface area (Å²) < 4.78 is 10.5. The molecule has 88 valence electrons. The Morgan fingerprint density at radius 1 is 1.27 bits per heavy atom. The minimum Gasteiger partial charge on any atom is -0.458 e. The Bertz CT molecular complexity index is 199. The Hall–Kier alpha value is -0.570. The molecule has 1 aliphatic rings. The van der Waals surface area contributed by atoms with Crippen molar-refractivity contribution >= 4 is 5.97 Å². The smallest absolute Gasteiger partial charge is 0.332 e. The van der Waals surface area contributed by atoms with Crippen molar-refractivity contribution in [3.05, 3.63) is 0 Å². The monoisotopic (exact) mass is 214 g/mol. The zero-order chi connectivity index (χ0) is 11.3. The van der Waals surface area contributed by atoms with E-state index in [0.717, 1.165) is 0 Å². The van der Waals surface area contributed by atoms with Crippen molar-refractivity contribution < 1.29 is 14.3 Å². The van der Waals surface area contributed by atoms with E-state index in [1.54, 1.807) is 0 Å². The summed E-state index contributed by atoms with van der Waals surface area (Å²) in [6.07, 6.45) is 5.10. The lowest BCUT2D eigenvalue weighted by atomic mass is 10.1. The number of hydrogen-bond donors (Lipinski definition) is 0. The molecule has 15 heavy (non-hydrogen) atoms. The van der Waals surface area contributed by atoms with Gasteiger partial charge >= 0.3 is 5.97 Å². The molecule has 0 saturated heterocycles. The summed E-state index contributed by atoms with van der Waals surface area (Å²) in [6.45, 7) is 6.39. The second-order valence-electron chi connectivity index (χ2n) is 5.25. The largest absolute Gasteiger partial charge is 0.458 e. The lowest BCUT2D eigenvalue weighted by Crippen LogP contribution is -2.27. The van der Waals surface area contributed by atoms with Gasteiger partial charge in [-0.25, -0.2) is 4.79 Å². The first-order valence-electron chi connectivity index (χ1n) is 5.77. The molecule has 0 aromatic carbocycles. The normalized spacial score (nSPS) is 18.1. The summed E-state index contributed by atoms with van der Waals surface area (Å²) in [6, 6.07) is 0. The summed E-state index contributed by atoms with van der Waals surface area (Å²) in [5.74, 6) is 0.396. The third-order valence-electron chi connectivity index (χ3n) is 2.47. The van der Waals surface area contributed by atoms with Gasteiger partial charge in [-0.05, 0) is 39.5 Å². The van der Waals surface area contributed by atoms with Crippen molar-refractivity contribution in [1.29, 1.82) is 0 Å². The van der Waals surface area contributed by atoms with Crippen LogP contribution in [-0.4, -0.2) is 24.8 Å². The van der Waals surface area contributed by atoms with Crippen LogP contribution in [0.5, 0.6) is 0 Å². The number of hydrogen-bond acceptors (Lipinski definition) is 3. The van der Waals surface area contributed by atoms with Crippen LogP contribution < -0.4 is 0 Å². The van der Waals surface area contributed by atoms with Gasteiger partial charge < -0.3 is 9.47 Å². The number of carbonyl (C=O) groups excluding carboxylic acids is 1. The highest BCUT2D eigenvalue weighted by molar-refractivity contribution is 5.71. The Morgan fingerprint density at radius 3 is 2.40 bits per heavy atom. The van der Waals surface area contributed by atoms with Gasteiger partial charge in [0.2, 0.25) is 0 Å². The third kappa shape index (κ3) is 5.78. The highest BCUT2D eigenvalue weighted by Crippen LogP contribution is 2.24. The SMILES string of the molecule is CC(C)(C)OC(=O)COCC1CCCC1. The molecule has 0 radical (unpaired) electrons. The van der Waals surface area contributed by atoms with E-state index in [-0.39, 0.29) is 12.6 Å². The van der Waals surface area contributed by atoms with E-state index in [0.29, 0.717) is 12.5 Å². The molecule has 0 spiro atoms. The van der Waals surface area contributed by atoms with Crippen molar-refractivity contribution in [1.82, 2.24) is 0 Å². The van der Waals surface area contributed by atoms with Crippen molar-refractivity contribution in [2.24, 2.45) is 5.92 Å². The zero-order valence-electron chi connectivity index (χ0n) is 10.0. The van der Waals surface area contributed by atoms with Gasteiger partial charge in [0, 0.05) is 0 Å². The average Bonchev–Trinajstić information content (AvgIpc) is 2.53. The Labute approximate surface area is 92.1 Å². The molecule has 1 rings (SSSR count). The van der Waals surface area contributed by atoms with Crippen LogP contribution in [0, 0.1) is 5.92 Å². The molecule has 3 nitrogen and oxygen atoms in total. The molecule has 0 bridgehead atoms. The topological polar surface area (TPSA) is 35.5 Å². The van der Waals surface area contributed by atoms with Crippen molar-refractivity contribution in [2.75, 3.05) is 13.2 Å². The van der Waals surface area contributed by atoms with Crippen LogP contribution in [0.2, 0.25) is 0 Å². The number of rotatable bonds is 4. The summed E-state index contributed by atoms with van der Waals surface area (Å²) in [7, 11) is 0. The Kier molecular flexibility index (Phi) is 4.58. The van der Waals surface area contributed by atoms with E-state index in [1.165, 1.54) is 25.7 Å². The van der Waals surface area contributed by atoms with E-state index >= 15 is 0 Å². The van der Waals surface area contributed by atoms with Crippen LogP contribution in [0.25, 0.3) is 0 Å². The van der Waals surface area contributed by atoms with E-state index in [9.17, 15) is 4.79 Å². The third-order valence-corrected chi connectivity index (χ3v) is 2.47. The van der Waals surface area contributed by atoms with E-state index in [2.05, 4.69) is 0 Å². The Balaban J connectivity index is 2.06. The molecule has 0 aliphatic heterocycles. The molecule has 0 atom stereocenters. The fourth-order valence-electron chi connectivity index (χ4n) is 1.86. The van der Waals surface area contributed by atoms with E-state index in [1.807, 2.05) is 20.8 Å². The van der Waals surface area contributed by atoms with E-state index in [4.69, 9.17) is 9.47 Å².